The number of carbonyl (C=O) groups is 1. The molecule has 6 heteroatoms. The molecule has 0 radical (unpaired) electrons. The molecule has 6 nitrogen and oxygen atoms in total. The summed E-state index contributed by atoms with van der Waals surface area (Å²) in [4.78, 5) is 19.7. The summed E-state index contributed by atoms with van der Waals surface area (Å²) in [6.45, 7) is 6.01. The van der Waals surface area contributed by atoms with E-state index in [0.717, 1.165) is 43.2 Å². The molecule has 0 bridgehead atoms. The number of carbonyl (C=O) groups excluding carboxylic acids is 1. The summed E-state index contributed by atoms with van der Waals surface area (Å²) in [6.07, 6.45) is 0. The number of hydrogen-bond donors (Lipinski definition) is 1. The average molecular weight is 378 g/mol. The number of imidazole rings is 1. The Kier molecular flexibility index (Phi) is 5.69. The van der Waals surface area contributed by atoms with Gasteiger partial charge in [-0.3, -0.25) is 9.69 Å². The summed E-state index contributed by atoms with van der Waals surface area (Å²) in [5.74, 6) is 0.851. The van der Waals surface area contributed by atoms with E-state index in [2.05, 4.69) is 27.3 Å². The summed E-state index contributed by atoms with van der Waals surface area (Å²) in [5.41, 5.74) is 3.13. The molecule has 0 saturated carbocycles. The maximum atomic E-state index is 12.7. The molecule has 1 amide bonds. The predicted molar refractivity (Wildman–Crippen MR) is 109 cm³/mol. The average Bonchev–Trinajstić information content (AvgIpc) is 3.05. The largest absolute Gasteiger partial charge is 0.379 e. The fourth-order valence-electron chi connectivity index (χ4n) is 3.83. The Labute approximate surface area is 165 Å². The van der Waals surface area contributed by atoms with Crippen molar-refractivity contribution in [3.05, 3.63) is 66.0 Å². The van der Waals surface area contributed by atoms with Crippen molar-refractivity contribution in [3.63, 3.8) is 0 Å². The van der Waals surface area contributed by atoms with Gasteiger partial charge in [0.2, 0.25) is 5.91 Å². The Hall–Kier alpha value is -2.70. The first-order valence-electron chi connectivity index (χ1n) is 9.77. The Morgan fingerprint density at radius 2 is 1.82 bits per heavy atom. The van der Waals surface area contributed by atoms with Crippen LogP contribution in [0.4, 0.5) is 0 Å². The maximum Gasteiger partial charge on any atom is 0.240 e. The highest BCUT2D eigenvalue weighted by Gasteiger charge is 2.23. The van der Waals surface area contributed by atoms with Crippen LogP contribution in [0, 0.1) is 6.92 Å². The van der Waals surface area contributed by atoms with Crippen molar-refractivity contribution in [3.8, 4) is 0 Å². The lowest BCUT2D eigenvalue weighted by atomic mass is 10.0. The summed E-state index contributed by atoms with van der Waals surface area (Å²) in [7, 11) is 0. The zero-order chi connectivity index (χ0) is 19.3. The third-order valence-electron chi connectivity index (χ3n) is 5.31. The van der Waals surface area contributed by atoms with E-state index in [-0.39, 0.29) is 18.5 Å². The number of amides is 1. The van der Waals surface area contributed by atoms with Gasteiger partial charge in [-0.05, 0) is 24.6 Å². The van der Waals surface area contributed by atoms with Gasteiger partial charge in [-0.2, -0.15) is 0 Å². The molecule has 2 aromatic carbocycles. The molecule has 1 N–H and O–H groups in total. The zero-order valence-electron chi connectivity index (χ0n) is 16.2. The van der Waals surface area contributed by atoms with Crippen molar-refractivity contribution < 1.29 is 9.53 Å². The normalized spacial score (nSPS) is 16.2. The van der Waals surface area contributed by atoms with Crippen LogP contribution >= 0.6 is 0 Å². The lowest BCUT2D eigenvalue weighted by molar-refractivity contribution is -0.122. The SMILES string of the molecule is Cc1nc2ccccc2n1CC(=O)NCC(c1ccccc1)N1CCOCC1. The molecule has 1 atom stereocenters. The van der Waals surface area contributed by atoms with Crippen molar-refractivity contribution in [2.45, 2.75) is 19.5 Å². The van der Waals surface area contributed by atoms with Gasteiger partial charge in [0.25, 0.3) is 0 Å². The second-order valence-corrected chi connectivity index (χ2v) is 7.11. The molecule has 2 heterocycles. The number of nitrogens with one attached hydrogen (secondary N) is 1. The molecular weight excluding hydrogens is 352 g/mol. The summed E-state index contributed by atoms with van der Waals surface area (Å²) >= 11 is 0. The van der Waals surface area contributed by atoms with Crippen LogP contribution in [0.25, 0.3) is 11.0 Å². The fourth-order valence-corrected chi connectivity index (χ4v) is 3.83. The summed E-state index contributed by atoms with van der Waals surface area (Å²) < 4.78 is 7.47. The molecule has 3 aromatic rings. The molecule has 28 heavy (non-hydrogen) atoms. The van der Waals surface area contributed by atoms with Crippen LogP contribution in [0.1, 0.15) is 17.4 Å². The van der Waals surface area contributed by atoms with Crippen molar-refractivity contribution >= 4 is 16.9 Å². The van der Waals surface area contributed by atoms with Gasteiger partial charge in [0.1, 0.15) is 12.4 Å². The van der Waals surface area contributed by atoms with Gasteiger partial charge >= 0.3 is 0 Å². The van der Waals surface area contributed by atoms with Crippen LogP contribution in [0.5, 0.6) is 0 Å². The highest BCUT2D eigenvalue weighted by molar-refractivity contribution is 5.81. The number of para-hydroxylation sites is 2. The zero-order valence-corrected chi connectivity index (χ0v) is 16.2. The van der Waals surface area contributed by atoms with E-state index in [1.165, 1.54) is 5.56 Å². The molecule has 0 spiro atoms. The van der Waals surface area contributed by atoms with E-state index in [0.29, 0.717) is 6.54 Å². The van der Waals surface area contributed by atoms with E-state index in [9.17, 15) is 4.79 Å². The van der Waals surface area contributed by atoms with E-state index < -0.39 is 0 Å². The highest BCUT2D eigenvalue weighted by Crippen LogP contribution is 2.21. The van der Waals surface area contributed by atoms with Crippen molar-refractivity contribution in [2.24, 2.45) is 0 Å². The lowest BCUT2D eigenvalue weighted by Crippen LogP contribution is -2.44. The Morgan fingerprint density at radius 1 is 1.11 bits per heavy atom. The number of aromatic nitrogens is 2. The number of ether oxygens (including phenoxy) is 1. The number of hydrogen-bond acceptors (Lipinski definition) is 4. The molecule has 0 aliphatic carbocycles. The summed E-state index contributed by atoms with van der Waals surface area (Å²) in [5, 5.41) is 3.14. The van der Waals surface area contributed by atoms with Gasteiger partial charge in [-0.25, -0.2) is 4.98 Å². The van der Waals surface area contributed by atoms with Crippen LogP contribution in [0.2, 0.25) is 0 Å². The first-order chi connectivity index (χ1) is 13.7. The van der Waals surface area contributed by atoms with Crippen LogP contribution in [-0.4, -0.2) is 53.2 Å². The van der Waals surface area contributed by atoms with Gasteiger partial charge in [-0.1, -0.05) is 42.5 Å². The predicted octanol–water partition coefficient (Wildman–Crippen LogP) is 2.53. The Balaban J connectivity index is 1.46. The van der Waals surface area contributed by atoms with Crippen LogP contribution in [-0.2, 0) is 16.1 Å². The number of benzene rings is 2. The molecule has 1 unspecified atom stereocenters. The molecule has 1 aromatic heterocycles. The van der Waals surface area contributed by atoms with E-state index in [1.807, 2.05) is 54.0 Å². The van der Waals surface area contributed by atoms with E-state index in [4.69, 9.17) is 4.74 Å². The van der Waals surface area contributed by atoms with E-state index in [1.54, 1.807) is 0 Å². The first-order valence-corrected chi connectivity index (χ1v) is 9.77. The molecule has 1 aliphatic heterocycles. The number of nitrogens with zero attached hydrogens (tertiary/aromatic N) is 3. The minimum atomic E-state index is 0.000411. The standard InChI is InChI=1S/C22H26N4O2/c1-17-24-19-9-5-6-10-20(19)26(17)16-22(27)23-15-21(18-7-3-2-4-8-18)25-11-13-28-14-12-25/h2-10,21H,11-16H2,1H3,(H,23,27). The summed E-state index contributed by atoms with van der Waals surface area (Å²) in [6, 6.07) is 18.4. The fraction of sp³-hybridized carbons (Fsp3) is 0.364. The first kappa shape index (κ1) is 18.7. The van der Waals surface area contributed by atoms with Crippen LogP contribution < -0.4 is 5.32 Å². The third-order valence-corrected chi connectivity index (χ3v) is 5.31. The van der Waals surface area contributed by atoms with Gasteiger partial charge < -0.3 is 14.6 Å². The Bertz CT molecular complexity index is 932. The Morgan fingerprint density at radius 3 is 2.61 bits per heavy atom. The molecule has 1 saturated heterocycles. The van der Waals surface area contributed by atoms with Crippen LogP contribution in [0.3, 0.4) is 0 Å². The van der Waals surface area contributed by atoms with E-state index >= 15 is 0 Å². The number of aryl methyl sites for hydroxylation is 1. The molecule has 1 fully saturated rings. The van der Waals surface area contributed by atoms with Gasteiger partial charge in [0.15, 0.2) is 0 Å². The van der Waals surface area contributed by atoms with Gasteiger partial charge in [-0.15, -0.1) is 0 Å². The van der Waals surface area contributed by atoms with Gasteiger partial charge in [0.05, 0.1) is 30.3 Å². The second-order valence-electron chi connectivity index (χ2n) is 7.11. The smallest absolute Gasteiger partial charge is 0.240 e. The minimum absolute atomic E-state index is 0.000411. The van der Waals surface area contributed by atoms with Crippen LogP contribution in [0.15, 0.2) is 54.6 Å². The monoisotopic (exact) mass is 378 g/mol. The molecule has 4 rings (SSSR count). The lowest BCUT2D eigenvalue weighted by Gasteiger charge is -2.35. The third kappa shape index (κ3) is 4.08. The molecule has 1 aliphatic rings. The topological polar surface area (TPSA) is 59.4 Å². The highest BCUT2D eigenvalue weighted by atomic mass is 16.5. The minimum Gasteiger partial charge on any atom is -0.379 e. The second kappa shape index (κ2) is 8.54. The van der Waals surface area contributed by atoms with Gasteiger partial charge in [0, 0.05) is 19.6 Å². The number of morpholine rings is 1. The van der Waals surface area contributed by atoms with Crippen molar-refractivity contribution in [1.29, 1.82) is 0 Å². The molecule has 146 valence electrons. The quantitative estimate of drug-likeness (QED) is 0.716. The number of rotatable bonds is 6. The maximum absolute atomic E-state index is 12.7. The van der Waals surface area contributed by atoms with Crippen molar-refractivity contribution in [2.75, 3.05) is 32.8 Å². The van der Waals surface area contributed by atoms with Crippen molar-refractivity contribution in [1.82, 2.24) is 19.8 Å². The number of fused-ring (bicyclic) bond motifs is 1. The molecular formula is C22H26N4O2.